The minimum absolute atomic E-state index is 0.0368. The zero-order chi connectivity index (χ0) is 17.9. The van der Waals surface area contributed by atoms with Gasteiger partial charge in [-0.05, 0) is 37.8 Å². The summed E-state index contributed by atoms with van der Waals surface area (Å²) in [5, 5.41) is 19.8. The van der Waals surface area contributed by atoms with Crippen LogP contribution in [0.3, 0.4) is 0 Å². The summed E-state index contributed by atoms with van der Waals surface area (Å²) < 4.78 is 0. The van der Waals surface area contributed by atoms with Gasteiger partial charge in [-0.15, -0.1) is 0 Å². The van der Waals surface area contributed by atoms with Gasteiger partial charge in [0.15, 0.2) is 0 Å². The predicted octanol–water partition coefficient (Wildman–Crippen LogP) is 3.73. The molecule has 1 saturated heterocycles. The molecule has 1 aliphatic heterocycles. The molecule has 0 radical (unpaired) electrons. The van der Waals surface area contributed by atoms with Gasteiger partial charge in [-0.25, -0.2) is 0 Å². The van der Waals surface area contributed by atoms with Gasteiger partial charge >= 0.3 is 0 Å². The molecular formula is C22H26N2O. The van der Waals surface area contributed by atoms with Crippen molar-refractivity contribution < 1.29 is 5.11 Å². The Morgan fingerprint density at radius 3 is 1.84 bits per heavy atom. The van der Waals surface area contributed by atoms with Gasteiger partial charge in [-0.2, -0.15) is 5.26 Å². The first kappa shape index (κ1) is 17.7. The van der Waals surface area contributed by atoms with E-state index < -0.39 is 5.41 Å². The molecule has 0 unspecified atom stereocenters. The third kappa shape index (κ3) is 3.46. The molecule has 0 saturated carbocycles. The number of aliphatic hydroxyl groups is 1. The van der Waals surface area contributed by atoms with Gasteiger partial charge in [0.05, 0.1) is 12.2 Å². The van der Waals surface area contributed by atoms with Gasteiger partial charge in [0.1, 0.15) is 5.41 Å². The number of nitrogens with zero attached hydrogens (tertiary/aromatic N) is 2. The molecule has 0 amide bonds. The molecule has 0 bridgehead atoms. The summed E-state index contributed by atoms with van der Waals surface area (Å²) in [5.74, 6) is 0. The lowest BCUT2D eigenvalue weighted by Crippen LogP contribution is -2.60. The van der Waals surface area contributed by atoms with Crippen molar-refractivity contribution in [3.05, 3.63) is 71.8 Å². The van der Waals surface area contributed by atoms with Crippen molar-refractivity contribution in [1.82, 2.24) is 4.90 Å². The van der Waals surface area contributed by atoms with E-state index in [1.165, 1.54) is 0 Å². The van der Waals surface area contributed by atoms with Crippen molar-refractivity contribution in [2.75, 3.05) is 13.1 Å². The second-order valence-corrected chi connectivity index (χ2v) is 7.62. The lowest BCUT2D eigenvalue weighted by Gasteiger charge is -2.48. The van der Waals surface area contributed by atoms with E-state index in [2.05, 4.69) is 49.1 Å². The molecule has 1 aliphatic rings. The normalized spacial score (nSPS) is 16.2. The van der Waals surface area contributed by atoms with Crippen LogP contribution in [0.4, 0.5) is 0 Å². The van der Waals surface area contributed by atoms with E-state index >= 15 is 0 Å². The highest BCUT2D eigenvalue weighted by molar-refractivity contribution is 5.45. The Morgan fingerprint density at radius 2 is 1.44 bits per heavy atom. The van der Waals surface area contributed by atoms with Crippen molar-refractivity contribution in [3.8, 4) is 6.07 Å². The minimum Gasteiger partial charge on any atom is -0.390 e. The van der Waals surface area contributed by atoms with E-state index in [9.17, 15) is 10.4 Å². The zero-order valence-corrected chi connectivity index (χ0v) is 15.0. The van der Waals surface area contributed by atoms with Crippen molar-refractivity contribution in [2.24, 2.45) is 0 Å². The van der Waals surface area contributed by atoms with Crippen LogP contribution in [0.15, 0.2) is 60.7 Å². The third-order valence-corrected chi connectivity index (χ3v) is 5.55. The van der Waals surface area contributed by atoms with Crippen LogP contribution < -0.4 is 0 Å². The summed E-state index contributed by atoms with van der Waals surface area (Å²) in [5.41, 5.74) is 1.40. The smallest absolute Gasteiger partial charge is 0.107 e. The number of hydrogen-bond acceptors (Lipinski definition) is 3. The van der Waals surface area contributed by atoms with E-state index in [-0.39, 0.29) is 11.6 Å². The Bertz CT molecular complexity index is 688. The van der Waals surface area contributed by atoms with Gasteiger partial charge in [0, 0.05) is 18.6 Å². The zero-order valence-electron chi connectivity index (χ0n) is 15.0. The molecule has 3 heteroatoms. The van der Waals surface area contributed by atoms with Crippen LogP contribution in [0.2, 0.25) is 0 Å². The summed E-state index contributed by atoms with van der Waals surface area (Å²) in [7, 11) is 0. The van der Waals surface area contributed by atoms with Gasteiger partial charge < -0.3 is 5.11 Å². The highest BCUT2D eigenvalue weighted by Gasteiger charge is 2.40. The fourth-order valence-corrected chi connectivity index (χ4v) is 3.69. The van der Waals surface area contributed by atoms with Crippen molar-refractivity contribution >= 4 is 0 Å². The topological polar surface area (TPSA) is 47.3 Å². The maximum absolute atomic E-state index is 10.2. The number of rotatable bonds is 6. The number of nitriles is 1. The maximum Gasteiger partial charge on any atom is 0.107 e. The first-order valence-electron chi connectivity index (χ1n) is 8.93. The molecule has 130 valence electrons. The predicted molar refractivity (Wildman–Crippen MR) is 100 cm³/mol. The molecule has 0 aromatic heterocycles. The second kappa shape index (κ2) is 7.00. The summed E-state index contributed by atoms with van der Waals surface area (Å²) in [4.78, 5) is 2.30. The van der Waals surface area contributed by atoms with Gasteiger partial charge in [-0.1, -0.05) is 60.7 Å². The Kier molecular flexibility index (Phi) is 4.94. The van der Waals surface area contributed by atoms with Crippen LogP contribution in [0, 0.1) is 11.3 Å². The summed E-state index contributed by atoms with van der Waals surface area (Å²) >= 11 is 0. The highest BCUT2D eigenvalue weighted by Crippen LogP contribution is 2.39. The number of aliphatic hydroxyl groups excluding tert-OH is 1. The Balaban J connectivity index is 1.91. The van der Waals surface area contributed by atoms with Crippen molar-refractivity contribution in [2.45, 2.75) is 43.7 Å². The Morgan fingerprint density at radius 1 is 0.960 bits per heavy atom. The molecule has 0 atom stereocenters. The first-order chi connectivity index (χ1) is 12.0. The van der Waals surface area contributed by atoms with Crippen molar-refractivity contribution in [1.29, 1.82) is 5.26 Å². The Hall–Kier alpha value is -2.15. The van der Waals surface area contributed by atoms with Crippen LogP contribution >= 0.6 is 0 Å². The maximum atomic E-state index is 10.2. The summed E-state index contributed by atoms with van der Waals surface area (Å²) in [6.45, 7) is 5.86. The fraction of sp³-hybridized carbons (Fsp3) is 0.409. The van der Waals surface area contributed by atoms with Crippen LogP contribution in [-0.2, 0) is 5.41 Å². The van der Waals surface area contributed by atoms with E-state index in [0.717, 1.165) is 37.1 Å². The second-order valence-electron chi connectivity index (χ2n) is 7.62. The summed E-state index contributed by atoms with van der Waals surface area (Å²) in [6.07, 6.45) is 1.43. The number of likely N-dealkylation sites (tertiary alicyclic amines) is 1. The van der Waals surface area contributed by atoms with Crippen LogP contribution in [-0.4, -0.2) is 34.7 Å². The monoisotopic (exact) mass is 334 g/mol. The SMILES string of the molecule is CC(C)(CCC(C#N)(c1ccccc1)c1ccccc1)N1CC(O)C1. The summed E-state index contributed by atoms with van der Waals surface area (Å²) in [6, 6.07) is 22.8. The quantitative estimate of drug-likeness (QED) is 0.875. The van der Waals surface area contributed by atoms with Crippen LogP contribution in [0.1, 0.15) is 37.8 Å². The molecule has 0 spiro atoms. The third-order valence-electron chi connectivity index (χ3n) is 5.55. The number of β-amino-alcohol motifs (C(OH)–C–C–N with tert-alkyl or cyclic N) is 1. The molecule has 0 aliphatic carbocycles. The minimum atomic E-state index is -0.650. The molecule has 2 aromatic rings. The number of benzene rings is 2. The molecule has 3 rings (SSSR count). The lowest BCUT2D eigenvalue weighted by molar-refractivity contribution is -0.0590. The van der Waals surface area contributed by atoms with Crippen LogP contribution in [0.25, 0.3) is 0 Å². The average Bonchev–Trinajstić information content (AvgIpc) is 2.62. The standard InChI is InChI=1S/C22H26N2O/c1-21(2,24-15-20(25)16-24)13-14-22(17-23,18-9-5-3-6-10-18)19-11-7-4-8-12-19/h3-12,20,25H,13-16H2,1-2H3. The molecule has 2 aromatic carbocycles. The van der Waals surface area contributed by atoms with E-state index in [1.807, 2.05) is 36.4 Å². The van der Waals surface area contributed by atoms with Gasteiger partial charge in [0.25, 0.3) is 0 Å². The van der Waals surface area contributed by atoms with E-state index in [0.29, 0.717) is 0 Å². The lowest BCUT2D eigenvalue weighted by atomic mass is 9.70. The van der Waals surface area contributed by atoms with E-state index in [1.54, 1.807) is 0 Å². The fourth-order valence-electron chi connectivity index (χ4n) is 3.69. The van der Waals surface area contributed by atoms with Crippen molar-refractivity contribution in [3.63, 3.8) is 0 Å². The molecule has 1 heterocycles. The Labute approximate surface area is 150 Å². The van der Waals surface area contributed by atoms with E-state index in [4.69, 9.17) is 0 Å². The van der Waals surface area contributed by atoms with Gasteiger partial charge in [0.2, 0.25) is 0 Å². The molecule has 25 heavy (non-hydrogen) atoms. The molecule has 3 nitrogen and oxygen atoms in total. The first-order valence-corrected chi connectivity index (χ1v) is 8.93. The highest BCUT2D eigenvalue weighted by atomic mass is 16.3. The average molecular weight is 334 g/mol. The number of hydrogen-bond donors (Lipinski definition) is 1. The largest absolute Gasteiger partial charge is 0.390 e. The molecular weight excluding hydrogens is 308 g/mol. The van der Waals surface area contributed by atoms with Gasteiger partial charge in [-0.3, -0.25) is 4.90 Å². The van der Waals surface area contributed by atoms with Crippen LogP contribution in [0.5, 0.6) is 0 Å². The molecule has 1 fully saturated rings. The molecule has 1 N–H and O–H groups in total.